The van der Waals surface area contributed by atoms with E-state index in [1.54, 1.807) is 6.20 Å². The summed E-state index contributed by atoms with van der Waals surface area (Å²) in [6.45, 7) is 3.06. The molecule has 1 fully saturated rings. The minimum Gasteiger partial charge on any atom is -0.378 e. The summed E-state index contributed by atoms with van der Waals surface area (Å²) >= 11 is 0. The first kappa shape index (κ1) is 17.6. The van der Waals surface area contributed by atoms with Crippen LogP contribution in [-0.2, 0) is 11.3 Å². The number of hydrogen-bond donors (Lipinski definition) is 2. The number of aromatic nitrogens is 1. The van der Waals surface area contributed by atoms with Gasteiger partial charge in [0.25, 0.3) is 0 Å². The molecule has 1 aliphatic rings. The zero-order valence-electron chi connectivity index (χ0n) is 14.0. The van der Waals surface area contributed by atoms with E-state index in [2.05, 4.69) is 20.5 Å². The third-order valence-corrected chi connectivity index (χ3v) is 3.97. The van der Waals surface area contributed by atoms with Crippen molar-refractivity contribution in [3.05, 3.63) is 53.5 Å². The van der Waals surface area contributed by atoms with Crippen molar-refractivity contribution < 1.29 is 13.9 Å². The Bertz CT molecular complexity index is 831. The molecular formula is C18H18FN5O2. The molecule has 1 aromatic heterocycles. The topological polar surface area (TPSA) is 90.3 Å². The van der Waals surface area contributed by atoms with Crippen molar-refractivity contribution >= 4 is 17.5 Å². The van der Waals surface area contributed by atoms with Crippen LogP contribution in [0.5, 0.6) is 0 Å². The Morgan fingerprint density at radius 2 is 2.15 bits per heavy atom. The molecule has 1 aromatic carbocycles. The van der Waals surface area contributed by atoms with Crippen LogP contribution in [0.15, 0.2) is 36.5 Å². The van der Waals surface area contributed by atoms with Crippen molar-refractivity contribution in [2.24, 2.45) is 0 Å². The second-order valence-electron chi connectivity index (χ2n) is 5.69. The molecule has 26 heavy (non-hydrogen) atoms. The number of carbonyl (C=O) groups is 1. The van der Waals surface area contributed by atoms with Crippen LogP contribution in [0.25, 0.3) is 0 Å². The van der Waals surface area contributed by atoms with Gasteiger partial charge in [0.1, 0.15) is 17.7 Å². The normalized spacial score (nSPS) is 13.8. The summed E-state index contributed by atoms with van der Waals surface area (Å²) in [5, 5.41) is 14.3. The van der Waals surface area contributed by atoms with Gasteiger partial charge >= 0.3 is 6.03 Å². The maximum Gasteiger partial charge on any atom is 0.319 e. The van der Waals surface area contributed by atoms with Crippen molar-refractivity contribution in [1.29, 1.82) is 5.26 Å². The summed E-state index contributed by atoms with van der Waals surface area (Å²) in [6.07, 6.45) is 1.71. The lowest BCUT2D eigenvalue weighted by Crippen LogP contribution is -2.38. The van der Waals surface area contributed by atoms with Crippen LogP contribution in [0.4, 0.5) is 20.7 Å². The van der Waals surface area contributed by atoms with Gasteiger partial charge in [-0.1, -0.05) is 6.07 Å². The van der Waals surface area contributed by atoms with E-state index in [4.69, 9.17) is 10.00 Å². The molecule has 8 heteroatoms. The number of carbonyl (C=O) groups excluding carboxylic acids is 1. The summed E-state index contributed by atoms with van der Waals surface area (Å²) in [6, 6.07) is 8.71. The van der Waals surface area contributed by atoms with Gasteiger partial charge in [0.15, 0.2) is 0 Å². The van der Waals surface area contributed by atoms with Crippen molar-refractivity contribution in [2.45, 2.75) is 6.54 Å². The Morgan fingerprint density at radius 1 is 1.35 bits per heavy atom. The van der Waals surface area contributed by atoms with Gasteiger partial charge in [0.05, 0.1) is 24.5 Å². The van der Waals surface area contributed by atoms with E-state index in [9.17, 15) is 9.18 Å². The number of rotatable bonds is 4. The third-order valence-electron chi connectivity index (χ3n) is 3.97. The number of urea groups is 1. The van der Waals surface area contributed by atoms with Gasteiger partial charge in [0, 0.05) is 31.4 Å². The van der Waals surface area contributed by atoms with Crippen LogP contribution < -0.4 is 15.5 Å². The summed E-state index contributed by atoms with van der Waals surface area (Å²) in [5.41, 5.74) is 1.20. The molecule has 3 rings (SSSR count). The second-order valence-corrected chi connectivity index (χ2v) is 5.69. The van der Waals surface area contributed by atoms with Crippen LogP contribution >= 0.6 is 0 Å². The average Bonchev–Trinajstić information content (AvgIpc) is 2.68. The van der Waals surface area contributed by atoms with E-state index in [1.165, 1.54) is 12.1 Å². The molecule has 1 aliphatic heterocycles. The summed E-state index contributed by atoms with van der Waals surface area (Å²) in [5.74, 6) is 0.286. The van der Waals surface area contributed by atoms with E-state index in [0.717, 1.165) is 30.5 Å². The van der Waals surface area contributed by atoms with Crippen LogP contribution in [0.1, 0.15) is 11.1 Å². The second kappa shape index (κ2) is 8.27. The maximum atomic E-state index is 13.2. The molecule has 0 aliphatic carbocycles. The SMILES string of the molecule is N#Cc1cc(F)ccc1NC(=O)NCc1cccnc1N1CCOCC1. The number of anilines is 2. The lowest BCUT2D eigenvalue weighted by atomic mass is 10.2. The van der Waals surface area contributed by atoms with E-state index in [1.807, 2.05) is 18.2 Å². The van der Waals surface area contributed by atoms with Gasteiger partial charge < -0.3 is 20.3 Å². The van der Waals surface area contributed by atoms with Crippen LogP contribution in [-0.4, -0.2) is 37.3 Å². The van der Waals surface area contributed by atoms with E-state index < -0.39 is 11.8 Å². The average molecular weight is 355 g/mol. The Kier molecular flexibility index (Phi) is 5.61. The molecule has 7 nitrogen and oxygen atoms in total. The van der Waals surface area contributed by atoms with Gasteiger partial charge in [-0.2, -0.15) is 5.26 Å². The molecule has 0 radical (unpaired) electrons. The molecule has 134 valence electrons. The number of halogens is 1. The van der Waals surface area contributed by atoms with Gasteiger partial charge in [-0.15, -0.1) is 0 Å². The molecule has 1 saturated heterocycles. The van der Waals surface area contributed by atoms with Crippen LogP contribution in [0.3, 0.4) is 0 Å². The standard InChI is InChI=1S/C18H18FN5O2/c19-15-3-4-16(14(10-15)11-20)23-18(25)22-12-13-2-1-5-21-17(13)24-6-8-26-9-7-24/h1-5,10H,6-9,12H2,(H2,22,23,25). The minimum atomic E-state index is -0.530. The maximum absolute atomic E-state index is 13.2. The number of ether oxygens (including phenoxy) is 1. The lowest BCUT2D eigenvalue weighted by Gasteiger charge is -2.29. The fourth-order valence-electron chi connectivity index (χ4n) is 2.69. The first-order valence-electron chi connectivity index (χ1n) is 8.18. The summed E-state index contributed by atoms with van der Waals surface area (Å²) < 4.78 is 18.5. The Balaban J connectivity index is 1.64. The molecule has 0 unspecified atom stereocenters. The molecule has 0 spiro atoms. The van der Waals surface area contributed by atoms with Gasteiger partial charge in [0.2, 0.25) is 0 Å². The van der Waals surface area contributed by atoms with Crippen molar-refractivity contribution in [1.82, 2.24) is 10.3 Å². The largest absolute Gasteiger partial charge is 0.378 e. The monoisotopic (exact) mass is 355 g/mol. The first-order valence-corrected chi connectivity index (χ1v) is 8.18. The highest BCUT2D eigenvalue weighted by atomic mass is 19.1. The van der Waals surface area contributed by atoms with E-state index >= 15 is 0 Å². The highest BCUT2D eigenvalue weighted by Crippen LogP contribution is 2.19. The number of nitriles is 1. The molecule has 2 aromatic rings. The van der Waals surface area contributed by atoms with Crippen LogP contribution in [0, 0.1) is 17.1 Å². The Labute approximate surface area is 150 Å². The number of hydrogen-bond acceptors (Lipinski definition) is 5. The molecule has 0 saturated carbocycles. The smallest absolute Gasteiger partial charge is 0.319 e. The third kappa shape index (κ3) is 4.26. The first-order chi connectivity index (χ1) is 12.7. The number of pyridine rings is 1. The molecule has 2 N–H and O–H groups in total. The Hall–Kier alpha value is -3.18. The number of nitrogens with zero attached hydrogens (tertiary/aromatic N) is 3. The Morgan fingerprint density at radius 3 is 2.92 bits per heavy atom. The molecule has 0 atom stereocenters. The molecule has 0 bridgehead atoms. The number of morpholine rings is 1. The van der Waals surface area contributed by atoms with Crippen molar-refractivity contribution in [2.75, 3.05) is 36.5 Å². The predicted octanol–water partition coefficient (Wildman–Crippen LogP) is 2.25. The molecular weight excluding hydrogens is 337 g/mol. The zero-order chi connectivity index (χ0) is 18.4. The number of amides is 2. The summed E-state index contributed by atoms with van der Waals surface area (Å²) in [4.78, 5) is 18.7. The van der Waals surface area contributed by atoms with Gasteiger partial charge in [-0.05, 0) is 24.3 Å². The highest BCUT2D eigenvalue weighted by molar-refractivity contribution is 5.90. The van der Waals surface area contributed by atoms with Crippen LogP contribution in [0.2, 0.25) is 0 Å². The number of benzene rings is 1. The molecule has 2 heterocycles. The van der Waals surface area contributed by atoms with Gasteiger partial charge in [-0.25, -0.2) is 14.2 Å². The van der Waals surface area contributed by atoms with E-state index in [0.29, 0.717) is 13.2 Å². The minimum absolute atomic E-state index is 0.0653. The van der Waals surface area contributed by atoms with Crippen molar-refractivity contribution in [3.8, 4) is 6.07 Å². The van der Waals surface area contributed by atoms with Gasteiger partial charge in [-0.3, -0.25) is 0 Å². The van der Waals surface area contributed by atoms with E-state index in [-0.39, 0.29) is 17.8 Å². The lowest BCUT2D eigenvalue weighted by molar-refractivity contribution is 0.122. The fourth-order valence-corrected chi connectivity index (χ4v) is 2.69. The zero-order valence-corrected chi connectivity index (χ0v) is 14.0. The predicted molar refractivity (Wildman–Crippen MR) is 94.2 cm³/mol. The quantitative estimate of drug-likeness (QED) is 0.878. The fraction of sp³-hybridized carbons (Fsp3) is 0.278. The molecule has 2 amide bonds. The van der Waals surface area contributed by atoms with Crippen molar-refractivity contribution in [3.63, 3.8) is 0 Å². The summed E-state index contributed by atoms with van der Waals surface area (Å²) in [7, 11) is 0. The highest BCUT2D eigenvalue weighted by Gasteiger charge is 2.16. The number of nitrogens with one attached hydrogen (secondary N) is 2.